The molecule has 0 unspecified atom stereocenters. The second-order valence-electron chi connectivity index (χ2n) is 6.75. The van der Waals surface area contributed by atoms with Crippen molar-refractivity contribution < 1.29 is 13.2 Å². The normalized spacial score (nSPS) is 18.7. The largest absolute Gasteiger partial charge is 0.324 e. The first kappa shape index (κ1) is 21.1. The number of anilines is 1. The average Bonchev–Trinajstić information content (AvgIpc) is 3.25. The lowest BCUT2D eigenvalue weighted by Gasteiger charge is -2.14. The lowest BCUT2D eigenvalue weighted by Crippen LogP contribution is -2.23. The van der Waals surface area contributed by atoms with E-state index in [4.69, 9.17) is 5.26 Å². The molecule has 1 aliphatic rings. The number of sulfone groups is 1. The molecule has 10 heteroatoms. The first-order chi connectivity index (χ1) is 13.8. The van der Waals surface area contributed by atoms with Crippen LogP contribution in [0.5, 0.6) is 0 Å². The molecular formula is C19H21N5O3S2. The van der Waals surface area contributed by atoms with E-state index in [-0.39, 0.29) is 23.3 Å². The number of para-hydroxylation sites is 1. The fraction of sp³-hybridized carbons (Fsp3) is 0.368. The number of carbonyl (C=O) groups is 1. The molecule has 2 atom stereocenters. The number of hydrogen-bond acceptors (Lipinski definition) is 7. The molecule has 1 aromatic heterocycles. The van der Waals surface area contributed by atoms with E-state index in [2.05, 4.69) is 22.1 Å². The van der Waals surface area contributed by atoms with Gasteiger partial charge in [-0.3, -0.25) is 4.79 Å². The highest BCUT2D eigenvalue weighted by molar-refractivity contribution is 8.00. The molecule has 152 valence electrons. The minimum Gasteiger partial charge on any atom is -0.324 e. The first-order valence-corrected chi connectivity index (χ1v) is 11.8. The van der Waals surface area contributed by atoms with Crippen LogP contribution in [0, 0.1) is 11.3 Å². The molecule has 8 nitrogen and oxygen atoms in total. The maximum Gasteiger partial charge on any atom is 0.237 e. The molecule has 0 radical (unpaired) electrons. The molecule has 1 fully saturated rings. The summed E-state index contributed by atoms with van der Waals surface area (Å²) in [5.74, 6) is 0.353. The van der Waals surface area contributed by atoms with Gasteiger partial charge in [-0.15, -0.1) is 16.8 Å². The van der Waals surface area contributed by atoms with Gasteiger partial charge in [0.05, 0.1) is 28.0 Å². The van der Waals surface area contributed by atoms with E-state index in [9.17, 15) is 13.2 Å². The monoisotopic (exact) mass is 431 g/mol. The summed E-state index contributed by atoms with van der Waals surface area (Å²) in [6, 6.07) is 8.83. The Labute approximate surface area is 173 Å². The summed E-state index contributed by atoms with van der Waals surface area (Å²) in [6.07, 6.45) is 2.21. The van der Waals surface area contributed by atoms with Gasteiger partial charge in [0, 0.05) is 12.5 Å². The molecule has 1 aliphatic heterocycles. The number of benzene rings is 1. The van der Waals surface area contributed by atoms with Gasteiger partial charge in [0.15, 0.2) is 15.0 Å². The third kappa shape index (κ3) is 4.86. The Bertz CT molecular complexity index is 1070. The third-order valence-corrected chi connectivity index (χ3v) is 7.46. The Morgan fingerprint density at radius 1 is 1.48 bits per heavy atom. The Balaban J connectivity index is 1.76. The fourth-order valence-corrected chi connectivity index (χ4v) is 5.73. The van der Waals surface area contributed by atoms with Crippen molar-refractivity contribution >= 4 is 33.2 Å². The molecule has 1 N–H and O–H groups in total. The Hall–Kier alpha value is -2.64. The molecule has 1 amide bonds. The highest BCUT2D eigenvalue weighted by atomic mass is 32.2. The molecule has 2 heterocycles. The number of allylic oxidation sites excluding steroid dienone is 1. The van der Waals surface area contributed by atoms with Crippen LogP contribution in [-0.2, 0) is 21.2 Å². The predicted molar refractivity (Wildman–Crippen MR) is 111 cm³/mol. The standard InChI is InChI=1S/C19H21N5O3S2/c1-3-9-24-17(15-8-10-29(26,27)12-15)22-23-19(24)28-13(2)18(25)21-16-7-5-4-6-14(16)11-20/h3-7,13,15H,1,8-10,12H2,2H3,(H,21,25)/t13-,15-/m0/s1. The van der Waals surface area contributed by atoms with E-state index in [0.717, 1.165) is 0 Å². The van der Waals surface area contributed by atoms with E-state index in [1.165, 1.54) is 11.8 Å². The summed E-state index contributed by atoms with van der Waals surface area (Å²) < 4.78 is 25.5. The van der Waals surface area contributed by atoms with Crippen molar-refractivity contribution in [1.29, 1.82) is 5.26 Å². The minimum atomic E-state index is -3.05. The smallest absolute Gasteiger partial charge is 0.237 e. The number of hydrogen-bond donors (Lipinski definition) is 1. The topological polar surface area (TPSA) is 118 Å². The summed E-state index contributed by atoms with van der Waals surface area (Å²) >= 11 is 1.23. The maximum atomic E-state index is 12.6. The second kappa shape index (κ2) is 8.80. The van der Waals surface area contributed by atoms with E-state index < -0.39 is 15.1 Å². The molecule has 0 spiro atoms. The zero-order valence-electron chi connectivity index (χ0n) is 15.9. The number of amides is 1. The summed E-state index contributed by atoms with van der Waals surface area (Å²) in [6.45, 7) is 5.91. The van der Waals surface area contributed by atoms with Crippen LogP contribution in [0.1, 0.15) is 30.7 Å². The van der Waals surface area contributed by atoms with Crippen LogP contribution in [0.3, 0.4) is 0 Å². The van der Waals surface area contributed by atoms with Crippen LogP contribution in [-0.4, -0.2) is 45.8 Å². The van der Waals surface area contributed by atoms with Crippen LogP contribution < -0.4 is 5.32 Å². The van der Waals surface area contributed by atoms with Gasteiger partial charge in [0.2, 0.25) is 5.91 Å². The highest BCUT2D eigenvalue weighted by Crippen LogP contribution is 2.31. The van der Waals surface area contributed by atoms with Crippen molar-refractivity contribution in [2.45, 2.75) is 36.2 Å². The quantitative estimate of drug-likeness (QED) is 0.528. The number of thioether (sulfide) groups is 1. The van der Waals surface area contributed by atoms with Crippen LogP contribution in [0.15, 0.2) is 42.1 Å². The van der Waals surface area contributed by atoms with Crippen molar-refractivity contribution in [2.75, 3.05) is 16.8 Å². The third-order valence-electron chi connectivity index (χ3n) is 4.61. The lowest BCUT2D eigenvalue weighted by atomic mass is 10.1. The van der Waals surface area contributed by atoms with E-state index in [0.29, 0.717) is 35.2 Å². The first-order valence-electron chi connectivity index (χ1n) is 9.05. The van der Waals surface area contributed by atoms with Crippen LogP contribution in [0.25, 0.3) is 0 Å². The summed E-state index contributed by atoms with van der Waals surface area (Å²) in [5.41, 5.74) is 0.842. The molecule has 3 rings (SSSR count). The van der Waals surface area contributed by atoms with Crippen LogP contribution >= 0.6 is 11.8 Å². The minimum absolute atomic E-state index is 0.0634. The SMILES string of the molecule is C=CCn1c(S[C@@H](C)C(=O)Nc2ccccc2C#N)nnc1[C@H]1CCS(=O)(=O)C1. The molecular weight excluding hydrogens is 410 g/mol. The van der Waals surface area contributed by atoms with Crippen molar-refractivity contribution in [3.63, 3.8) is 0 Å². The van der Waals surface area contributed by atoms with Crippen LogP contribution in [0.2, 0.25) is 0 Å². The highest BCUT2D eigenvalue weighted by Gasteiger charge is 2.33. The summed E-state index contributed by atoms with van der Waals surface area (Å²) in [4.78, 5) is 12.6. The van der Waals surface area contributed by atoms with Gasteiger partial charge in [-0.05, 0) is 25.5 Å². The number of aromatic nitrogens is 3. The molecule has 1 aromatic carbocycles. The molecule has 2 aromatic rings. The fourth-order valence-electron chi connectivity index (χ4n) is 3.12. The Morgan fingerprint density at radius 2 is 2.24 bits per heavy atom. The van der Waals surface area contributed by atoms with Gasteiger partial charge < -0.3 is 9.88 Å². The zero-order valence-corrected chi connectivity index (χ0v) is 17.5. The van der Waals surface area contributed by atoms with E-state index in [1.54, 1.807) is 37.3 Å². The molecule has 1 saturated heterocycles. The predicted octanol–water partition coefficient (Wildman–Crippen LogP) is 2.36. The number of nitrogens with one attached hydrogen (secondary N) is 1. The van der Waals surface area contributed by atoms with Gasteiger partial charge in [0.25, 0.3) is 0 Å². The molecule has 0 bridgehead atoms. The zero-order chi connectivity index (χ0) is 21.0. The summed E-state index contributed by atoms with van der Waals surface area (Å²) in [7, 11) is -3.05. The van der Waals surface area contributed by atoms with Crippen molar-refractivity contribution in [3.8, 4) is 6.07 Å². The van der Waals surface area contributed by atoms with Gasteiger partial charge in [-0.1, -0.05) is 30.0 Å². The average molecular weight is 432 g/mol. The van der Waals surface area contributed by atoms with Gasteiger partial charge in [-0.25, -0.2) is 8.42 Å². The second-order valence-corrected chi connectivity index (χ2v) is 10.3. The van der Waals surface area contributed by atoms with E-state index >= 15 is 0 Å². The number of rotatable bonds is 7. The maximum absolute atomic E-state index is 12.6. The van der Waals surface area contributed by atoms with Crippen molar-refractivity contribution in [3.05, 3.63) is 48.3 Å². The Morgan fingerprint density at radius 3 is 2.90 bits per heavy atom. The van der Waals surface area contributed by atoms with Crippen molar-refractivity contribution in [1.82, 2.24) is 14.8 Å². The van der Waals surface area contributed by atoms with Crippen molar-refractivity contribution in [2.24, 2.45) is 0 Å². The van der Waals surface area contributed by atoms with Gasteiger partial charge in [0.1, 0.15) is 11.9 Å². The molecule has 0 saturated carbocycles. The molecule has 29 heavy (non-hydrogen) atoms. The number of nitriles is 1. The number of carbonyl (C=O) groups excluding carboxylic acids is 1. The number of nitrogens with zero attached hydrogens (tertiary/aromatic N) is 4. The van der Waals surface area contributed by atoms with E-state index in [1.807, 2.05) is 10.6 Å². The molecule has 0 aliphatic carbocycles. The van der Waals surface area contributed by atoms with Gasteiger partial charge >= 0.3 is 0 Å². The summed E-state index contributed by atoms with van der Waals surface area (Å²) in [5, 5.41) is 20.4. The lowest BCUT2D eigenvalue weighted by molar-refractivity contribution is -0.115. The van der Waals surface area contributed by atoms with Crippen LogP contribution in [0.4, 0.5) is 5.69 Å². The Kier molecular flexibility index (Phi) is 6.39. The van der Waals surface area contributed by atoms with Gasteiger partial charge in [-0.2, -0.15) is 5.26 Å².